The quantitative estimate of drug-likeness (QED) is 0.687. The molecule has 4 rings (SSSR count). The summed E-state index contributed by atoms with van der Waals surface area (Å²) in [6.45, 7) is 0.359. The van der Waals surface area contributed by atoms with E-state index in [0.717, 1.165) is 34.2 Å². The van der Waals surface area contributed by atoms with Crippen LogP contribution in [0, 0.1) is 0 Å². The van der Waals surface area contributed by atoms with E-state index in [-0.39, 0.29) is 16.9 Å². The third-order valence-electron chi connectivity index (χ3n) is 4.51. The van der Waals surface area contributed by atoms with E-state index in [9.17, 15) is 13.2 Å². The zero-order chi connectivity index (χ0) is 19.7. The highest BCUT2D eigenvalue weighted by Crippen LogP contribution is 2.38. The summed E-state index contributed by atoms with van der Waals surface area (Å²) in [5.74, 6) is 0.495. The van der Waals surface area contributed by atoms with Crippen LogP contribution in [-0.4, -0.2) is 42.0 Å². The Morgan fingerprint density at radius 2 is 2.04 bits per heavy atom. The van der Waals surface area contributed by atoms with Crippen molar-refractivity contribution in [3.8, 4) is 16.9 Å². The summed E-state index contributed by atoms with van der Waals surface area (Å²) in [7, 11) is -3.24. The zero-order valence-corrected chi connectivity index (χ0v) is 16.6. The minimum atomic E-state index is -3.24. The number of nitrogens with one attached hydrogen (secondary N) is 1. The van der Waals surface area contributed by atoms with Gasteiger partial charge in [0.05, 0.1) is 29.4 Å². The second-order valence-electron chi connectivity index (χ2n) is 6.54. The normalized spacial score (nSPS) is 15.7. The number of carbonyl (C=O) groups is 1. The third-order valence-corrected chi connectivity index (χ3v) is 6.11. The molecule has 0 radical (unpaired) electrons. The first-order valence-corrected chi connectivity index (χ1v) is 11.2. The topological polar surface area (TPSA) is 98.2 Å². The number of aromatic nitrogens is 2. The third kappa shape index (κ3) is 3.76. The molecule has 7 nitrogen and oxygen atoms in total. The summed E-state index contributed by atoms with van der Waals surface area (Å²) in [6, 6.07) is 12.6. The van der Waals surface area contributed by atoms with E-state index in [0.29, 0.717) is 18.7 Å². The first-order valence-electron chi connectivity index (χ1n) is 8.56. The number of hydrogen-bond acceptors (Lipinski definition) is 7. The van der Waals surface area contributed by atoms with Crippen LogP contribution in [0.5, 0.6) is 5.75 Å². The minimum absolute atomic E-state index is 0.179. The number of sulfone groups is 1. The first kappa shape index (κ1) is 18.6. The Kier molecular flexibility index (Phi) is 4.86. The Bertz CT molecular complexity index is 1110. The number of ether oxygens (including phenoxy) is 1. The van der Waals surface area contributed by atoms with Crippen molar-refractivity contribution in [3.63, 3.8) is 0 Å². The van der Waals surface area contributed by atoms with Gasteiger partial charge in [-0.1, -0.05) is 30.3 Å². The van der Waals surface area contributed by atoms with Gasteiger partial charge >= 0.3 is 0 Å². The van der Waals surface area contributed by atoms with Gasteiger partial charge in [-0.05, 0) is 23.3 Å². The summed E-state index contributed by atoms with van der Waals surface area (Å²) in [4.78, 5) is 12.3. The Morgan fingerprint density at radius 3 is 2.71 bits per heavy atom. The Labute approximate surface area is 166 Å². The number of fused-ring (bicyclic) bond motifs is 1. The molecule has 9 heteroatoms. The lowest BCUT2D eigenvalue weighted by Crippen LogP contribution is -2.34. The highest BCUT2D eigenvalue weighted by atomic mass is 32.2. The Hall–Kier alpha value is -2.78. The maximum atomic E-state index is 12.0. The molecule has 0 bridgehead atoms. The predicted octanol–water partition coefficient (Wildman–Crippen LogP) is 2.34. The number of carbonyl (C=O) groups excluding carboxylic acids is 1. The average Bonchev–Trinajstić information content (AvgIpc) is 3.34. The van der Waals surface area contributed by atoms with Gasteiger partial charge in [-0.2, -0.15) is 8.75 Å². The van der Waals surface area contributed by atoms with Crippen molar-refractivity contribution in [2.75, 3.05) is 12.8 Å². The van der Waals surface area contributed by atoms with Crippen LogP contribution in [0.1, 0.15) is 16.1 Å². The average molecular weight is 415 g/mol. The van der Waals surface area contributed by atoms with Gasteiger partial charge in [-0.15, -0.1) is 0 Å². The van der Waals surface area contributed by atoms with Gasteiger partial charge in [0.1, 0.15) is 11.9 Å². The summed E-state index contributed by atoms with van der Waals surface area (Å²) < 4.78 is 37.1. The molecule has 0 unspecified atom stereocenters. The van der Waals surface area contributed by atoms with Crippen LogP contribution < -0.4 is 10.1 Å². The van der Waals surface area contributed by atoms with E-state index in [1.54, 1.807) is 24.3 Å². The molecule has 144 valence electrons. The van der Waals surface area contributed by atoms with Gasteiger partial charge in [0, 0.05) is 18.2 Å². The molecule has 1 aliphatic rings. The molecular weight excluding hydrogens is 398 g/mol. The highest BCUT2D eigenvalue weighted by Gasteiger charge is 2.26. The standard InChI is InChI=1S/C19H17N3O4S2/c1-28(24,25)15-7-5-12(6-8-15)16-4-2-3-13-9-14(26-18(13)16)10-20-19(23)17-11-21-27-22-17/h2-8,11,14H,9-10H2,1H3,(H,20,23)/t14-/m0/s1. The molecule has 3 aromatic rings. The lowest BCUT2D eigenvalue weighted by molar-refractivity contribution is 0.0929. The highest BCUT2D eigenvalue weighted by molar-refractivity contribution is 7.90. The number of para-hydroxylation sites is 1. The van der Waals surface area contributed by atoms with Gasteiger partial charge in [0.25, 0.3) is 5.91 Å². The van der Waals surface area contributed by atoms with E-state index in [1.165, 1.54) is 12.5 Å². The van der Waals surface area contributed by atoms with E-state index >= 15 is 0 Å². The van der Waals surface area contributed by atoms with Gasteiger partial charge in [0.2, 0.25) is 0 Å². The van der Waals surface area contributed by atoms with Crippen molar-refractivity contribution in [1.29, 1.82) is 0 Å². The van der Waals surface area contributed by atoms with E-state index in [2.05, 4.69) is 14.1 Å². The van der Waals surface area contributed by atoms with Crippen molar-refractivity contribution in [3.05, 3.63) is 59.9 Å². The molecule has 1 aromatic heterocycles. The maximum Gasteiger partial charge on any atom is 0.272 e. The maximum absolute atomic E-state index is 12.0. The Balaban J connectivity index is 1.50. The van der Waals surface area contributed by atoms with Crippen molar-refractivity contribution in [2.24, 2.45) is 0 Å². The van der Waals surface area contributed by atoms with Crippen LogP contribution >= 0.6 is 11.7 Å². The second kappa shape index (κ2) is 7.33. The fourth-order valence-electron chi connectivity index (χ4n) is 3.12. The van der Waals surface area contributed by atoms with Gasteiger partial charge in [-0.25, -0.2) is 8.42 Å². The molecule has 1 aliphatic heterocycles. The first-order chi connectivity index (χ1) is 13.4. The monoisotopic (exact) mass is 415 g/mol. The smallest absolute Gasteiger partial charge is 0.272 e. The molecule has 1 amide bonds. The molecule has 1 N–H and O–H groups in total. The van der Waals surface area contributed by atoms with E-state index < -0.39 is 9.84 Å². The number of amides is 1. The number of hydrogen-bond donors (Lipinski definition) is 1. The van der Waals surface area contributed by atoms with E-state index in [4.69, 9.17) is 4.74 Å². The van der Waals surface area contributed by atoms with E-state index in [1.807, 2.05) is 18.2 Å². The van der Waals surface area contributed by atoms with Gasteiger partial charge in [0.15, 0.2) is 15.5 Å². The lowest BCUT2D eigenvalue weighted by Gasteiger charge is -2.13. The second-order valence-corrected chi connectivity index (χ2v) is 9.11. The fraction of sp³-hybridized carbons (Fsp3) is 0.211. The van der Waals surface area contributed by atoms with Crippen LogP contribution in [0.25, 0.3) is 11.1 Å². The van der Waals surface area contributed by atoms with Gasteiger partial charge < -0.3 is 10.1 Å². The molecule has 0 aliphatic carbocycles. The molecule has 0 spiro atoms. The summed E-state index contributed by atoms with van der Waals surface area (Å²) in [5, 5.41) is 2.82. The summed E-state index contributed by atoms with van der Waals surface area (Å²) in [6.07, 6.45) is 3.12. The van der Waals surface area contributed by atoms with Crippen LogP contribution in [0.2, 0.25) is 0 Å². The van der Waals surface area contributed by atoms with Crippen LogP contribution in [0.3, 0.4) is 0 Å². The van der Waals surface area contributed by atoms with Gasteiger partial charge in [-0.3, -0.25) is 4.79 Å². The predicted molar refractivity (Wildman–Crippen MR) is 105 cm³/mol. The SMILES string of the molecule is CS(=O)(=O)c1ccc(-c2cccc3c2O[C@H](CNC(=O)c2cnsn2)C3)cc1. The van der Waals surface area contributed by atoms with Crippen LogP contribution in [0.4, 0.5) is 0 Å². The van der Waals surface area contributed by atoms with Crippen molar-refractivity contribution in [2.45, 2.75) is 17.4 Å². The summed E-state index contributed by atoms with van der Waals surface area (Å²) in [5.41, 5.74) is 3.13. The molecule has 0 saturated carbocycles. The molecular formula is C19H17N3O4S2. The van der Waals surface area contributed by atoms with Crippen LogP contribution in [0.15, 0.2) is 53.6 Å². The van der Waals surface area contributed by atoms with Crippen LogP contribution in [-0.2, 0) is 16.3 Å². The lowest BCUT2D eigenvalue weighted by atomic mass is 10.0. The van der Waals surface area contributed by atoms with Crippen molar-refractivity contribution >= 4 is 27.5 Å². The zero-order valence-electron chi connectivity index (χ0n) is 15.0. The Morgan fingerprint density at radius 1 is 1.25 bits per heavy atom. The van der Waals surface area contributed by atoms with Crippen molar-refractivity contribution in [1.82, 2.24) is 14.1 Å². The molecule has 2 heterocycles. The molecule has 28 heavy (non-hydrogen) atoms. The molecule has 0 fully saturated rings. The number of benzene rings is 2. The minimum Gasteiger partial charge on any atom is -0.487 e. The fourth-order valence-corrected chi connectivity index (χ4v) is 4.17. The molecule has 2 aromatic carbocycles. The van der Waals surface area contributed by atoms with Crippen molar-refractivity contribution < 1.29 is 17.9 Å². The molecule has 0 saturated heterocycles. The summed E-state index contributed by atoms with van der Waals surface area (Å²) >= 11 is 0.988. The number of nitrogens with zero attached hydrogens (tertiary/aromatic N) is 2. The molecule has 1 atom stereocenters. The number of rotatable bonds is 5. The largest absolute Gasteiger partial charge is 0.487 e.